The third-order valence-corrected chi connectivity index (χ3v) is 5.00. The first kappa shape index (κ1) is 18.1. The number of hydrogen-bond acceptors (Lipinski definition) is 2. The summed E-state index contributed by atoms with van der Waals surface area (Å²) in [6.45, 7) is 7.59. The Hall–Kier alpha value is -1.26. The van der Waals surface area contributed by atoms with Gasteiger partial charge in [0.05, 0.1) is 0 Å². The van der Waals surface area contributed by atoms with Gasteiger partial charge in [0.25, 0.3) is 0 Å². The van der Waals surface area contributed by atoms with Crippen LogP contribution in [0.25, 0.3) is 0 Å². The van der Waals surface area contributed by atoms with Gasteiger partial charge in [0.1, 0.15) is 0 Å². The highest BCUT2D eigenvalue weighted by Crippen LogP contribution is 2.19. The van der Waals surface area contributed by atoms with Crippen LogP contribution < -0.4 is 10.6 Å². The third-order valence-electron chi connectivity index (χ3n) is 4.63. The first-order valence-electron chi connectivity index (χ1n) is 8.63. The molecule has 5 heteroatoms. The van der Waals surface area contributed by atoms with Gasteiger partial charge in [-0.3, -0.25) is 4.99 Å². The van der Waals surface area contributed by atoms with Crippen LogP contribution in [0.2, 0.25) is 5.02 Å². The van der Waals surface area contributed by atoms with Crippen molar-refractivity contribution in [3.05, 3.63) is 34.9 Å². The molecule has 0 aliphatic carbocycles. The SMILES string of the molecule is CCN1CCC(CCNC(=NC)NCc2ccccc2Cl)CC1. The van der Waals surface area contributed by atoms with Gasteiger partial charge in [-0.25, -0.2) is 0 Å². The predicted octanol–water partition coefficient (Wildman–Crippen LogP) is 3.13. The first-order valence-corrected chi connectivity index (χ1v) is 9.01. The van der Waals surface area contributed by atoms with Crippen molar-refractivity contribution >= 4 is 17.6 Å². The van der Waals surface area contributed by atoms with Crippen LogP contribution in [0.4, 0.5) is 0 Å². The summed E-state index contributed by atoms with van der Waals surface area (Å²) >= 11 is 6.18. The summed E-state index contributed by atoms with van der Waals surface area (Å²) in [4.78, 5) is 6.82. The molecule has 1 aromatic carbocycles. The fourth-order valence-electron chi connectivity index (χ4n) is 3.03. The van der Waals surface area contributed by atoms with E-state index in [1.165, 1.54) is 38.9 Å². The molecule has 0 saturated carbocycles. The smallest absolute Gasteiger partial charge is 0.191 e. The second-order valence-electron chi connectivity index (χ2n) is 6.11. The van der Waals surface area contributed by atoms with Crippen molar-refractivity contribution in [1.82, 2.24) is 15.5 Å². The fourth-order valence-corrected chi connectivity index (χ4v) is 3.23. The van der Waals surface area contributed by atoms with Crippen LogP contribution in [0.1, 0.15) is 31.7 Å². The molecule has 0 atom stereocenters. The van der Waals surface area contributed by atoms with Crippen LogP contribution in [0.3, 0.4) is 0 Å². The van der Waals surface area contributed by atoms with E-state index in [0.717, 1.165) is 29.0 Å². The molecule has 0 spiro atoms. The molecular formula is C18H29ClN4. The Balaban J connectivity index is 1.67. The Morgan fingerprint density at radius 3 is 2.65 bits per heavy atom. The number of rotatable bonds is 6. The van der Waals surface area contributed by atoms with Gasteiger partial charge in [-0.1, -0.05) is 36.7 Å². The minimum atomic E-state index is 0.689. The average molecular weight is 337 g/mol. The van der Waals surface area contributed by atoms with E-state index in [2.05, 4.69) is 27.4 Å². The van der Waals surface area contributed by atoms with Crippen molar-refractivity contribution in [1.29, 1.82) is 0 Å². The van der Waals surface area contributed by atoms with E-state index < -0.39 is 0 Å². The second kappa shape index (κ2) is 9.78. The first-order chi connectivity index (χ1) is 11.2. The maximum absolute atomic E-state index is 6.18. The number of aliphatic imine (C=N–C) groups is 1. The summed E-state index contributed by atoms with van der Waals surface area (Å²) < 4.78 is 0. The van der Waals surface area contributed by atoms with Gasteiger partial charge in [-0.05, 0) is 56.4 Å². The lowest BCUT2D eigenvalue weighted by Crippen LogP contribution is -2.39. The molecule has 1 heterocycles. The number of halogens is 1. The number of piperidine rings is 1. The number of hydrogen-bond donors (Lipinski definition) is 2. The summed E-state index contributed by atoms with van der Waals surface area (Å²) in [5, 5.41) is 7.53. The van der Waals surface area contributed by atoms with Crippen molar-refractivity contribution < 1.29 is 0 Å². The van der Waals surface area contributed by atoms with Crippen LogP contribution in [0, 0.1) is 5.92 Å². The topological polar surface area (TPSA) is 39.7 Å². The summed E-state index contributed by atoms with van der Waals surface area (Å²) in [6, 6.07) is 7.89. The summed E-state index contributed by atoms with van der Waals surface area (Å²) in [6.07, 6.45) is 3.85. The van der Waals surface area contributed by atoms with Gasteiger partial charge in [0.15, 0.2) is 5.96 Å². The molecular weight excluding hydrogens is 308 g/mol. The molecule has 1 aliphatic rings. The number of benzene rings is 1. The van der Waals surface area contributed by atoms with E-state index in [9.17, 15) is 0 Å². The van der Waals surface area contributed by atoms with E-state index >= 15 is 0 Å². The van der Waals surface area contributed by atoms with Crippen LogP contribution in [-0.4, -0.2) is 44.1 Å². The zero-order valence-electron chi connectivity index (χ0n) is 14.3. The quantitative estimate of drug-likeness (QED) is 0.619. The molecule has 1 saturated heterocycles. The number of guanidine groups is 1. The maximum atomic E-state index is 6.18. The van der Waals surface area contributed by atoms with E-state index in [4.69, 9.17) is 11.6 Å². The van der Waals surface area contributed by atoms with E-state index in [-0.39, 0.29) is 0 Å². The van der Waals surface area contributed by atoms with Crippen LogP contribution >= 0.6 is 11.6 Å². The molecule has 1 fully saturated rings. The summed E-state index contributed by atoms with van der Waals surface area (Å²) in [5.74, 6) is 1.68. The van der Waals surface area contributed by atoms with Gasteiger partial charge < -0.3 is 15.5 Å². The Bertz CT molecular complexity index is 496. The highest BCUT2D eigenvalue weighted by molar-refractivity contribution is 6.31. The zero-order valence-corrected chi connectivity index (χ0v) is 15.1. The molecule has 2 N–H and O–H groups in total. The fraction of sp³-hybridized carbons (Fsp3) is 0.611. The Labute approximate surface area is 145 Å². The lowest BCUT2D eigenvalue weighted by Gasteiger charge is -2.31. The standard InChI is InChI=1S/C18H29ClN4/c1-3-23-12-9-15(10-13-23)8-11-21-18(20-2)22-14-16-6-4-5-7-17(16)19/h4-7,15H,3,8-14H2,1-2H3,(H2,20,21,22). The highest BCUT2D eigenvalue weighted by atomic mass is 35.5. The monoisotopic (exact) mass is 336 g/mol. The molecule has 128 valence electrons. The minimum Gasteiger partial charge on any atom is -0.356 e. The molecule has 0 bridgehead atoms. The highest BCUT2D eigenvalue weighted by Gasteiger charge is 2.17. The largest absolute Gasteiger partial charge is 0.356 e. The summed E-state index contributed by atoms with van der Waals surface area (Å²) in [5.41, 5.74) is 1.09. The lowest BCUT2D eigenvalue weighted by atomic mass is 9.93. The molecule has 0 unspecified atom stereocenters. The van der Waals surface area contributed by atoms with Crippen LogP contribution in [0.5, 0.6) is 0 Å². The number of likely N-dealkylation sites (tertiary alicyclic amines) is 1. The van der Waals surface area contributed by atoms with Gasteiger partial charge in [-0.15, -0.1) is 0 Å². The van der Waals surface area contributed by atoms with Crippen molar-refractivity contribution in [2.75, 3.05) is 33.2 Å². The van der Waals surface area contributed by atoms with Crippen LogP contribution in [0.15, 0.2) is 29.3 Å². The normalized spacial score (nSPS) is 17.3. The molecule has 1 aromatic rings. The van der Waals surface area contributed by atoms with Gasteiger partial charge in [0, 0.05) is 25.2 Å². The van der Waals surface area contributed by atoms with E-state index in [1.54, 1.807) is 0 Å². The third kappa shape index (κ3) is 6.04. The average Bonchev–Trinajstić information content (AvgIpc) is 2.59. The Kier molecular flexibility index (Phi) is 7.69. The van der Waals surface area contributed by atoms with Gasteiger partial charge in [-0.2, -0.15) is 0 Å². The van der Waals surface area contributed by atoms with Crippen LogP contribution in [-0.2, 0) is 6.54 Å². The van der Waals surface area contributed by atoms with E-state index in [1.807, 2.05) is 31.3 Å². The van der Waals surface area contributed by atoms with Crippen molar-refractivity contribution in [3.8, 4) is 0 Å². The molecule has 0 aromatic heterocycles. The molecule has 2 rings (SSSR count). The number of nitrogens with one attached hydrogen (secondary N) is 2. The molecule has 0 radical (unpaired) electrons. The maximum Gasteiger partial charge on any atom is 0.191 e. The van der Waals surface area contributed by atoms with E-state index in [0.29, 0.717) is 6.54 Å². The van der Waals surface area contributed by atoms with Crippen molar-refractivity contribution in [2.24, 2.45) is 10.9 Å². The zero-order chi connectivity index (χ0) is 16.5. The molecule has 23 heavy (non-hydrogen) atoms. The molecule has 1 aliphatic heterocycles. The van der Waals surface area contributed by atoms with Gasteiger partial charge in [0.2, 0.25) is 0 Å². The number of nitrogens with zero attached hydrogens (tertiary/aromatic N) is 2. The van der Waals surface area contributed by atoms with Crippen molar-refractivity contribution in [2.45, 2.75) is 32.7 Å². The molecule has 4 nitrogen and oxygen atoms in total. The summed E-state index contributed by atoms with van der Waals surface area (Å²) in [7, 11) is 1.81. The Morgan fingerprint density at radius 1 is 1.26 bits per heavy atom. The minimum absolute atomic E-state index is 0.689. The van der Waals surface area contributed by atoms with Gasteiger partial charge >= 0.3 is 0 Å². The second-order valence-corrected chi connectivity index (χ2v) is 6.52. The molecule has 0 amide bonds. The lowest BCUT2D eigenvalue weighted by molar-refractivity contribution is 0.187. The Morgan fingerprint density at radius 2 is 2.00 bits per heavy atom. The predicted molar refractivity (Wildman–Crippen MR) is 99.1 cm³/mol. The van der Waals surface area contributed by atoms with Crippen molar-refractivity contribution in [3.63, 3.8) is 0 Å².